The molecular weight excluding hydrogens is 422 g/mol. The van der Waals surface area contributed by atoms with Crippen LogP contribution in [0.15, 0.2) is 48.0 Å². The van der Waals surface area contributed by atoms with Crippen molar-refractivity contribution in [3.63, 3.8) is 0 Å². The topological polar surface area (TPSA) is 89.3 Å². The third kappa shape index (κ3) is 5.62. The Labute approximate surface area is 192 Å². The molecule has 7 nitrogen and oxygen atoms in total. The molecule has 0 radical (unpaired) electrons. The normalized spacial score (nSPS) is 14.0. The Morgan fingerprint density at radius 2 is 2.03 bits per heavy atom. The van der Waals surface area contributed by atoms with Crippen LogP contribution in [-0.2, 0) is 4.79 Å². The molecule has 0 unspecified atom stereocenters. The molecule has 1 N–H and O–H groups in total. The number of rotatable bonds is 7. The van der Waals surface area contributed by atoms with Crippen LogP contribution in [0.4, 0.5) is 0 Å². The van der Waals surface area contributed by atoms with Gasteiger partial charge in [-0.1, -0.05) is 32.1 Å². The van der Waals surface area contributed by atoms with Crippen LogP contribution in [0.2, 0.25) is 0 Å². The quantitative estimate of drug-likeness (QED) is 0.514. The summed E-state index contributed by atoms with van der Waals surface area (Å²) < 4.78 is 0. The lowest BCUT2D eigenvalue weighted by molar-refractivity contribution is -0.129. The van der Waals surface area contributed by atoms with Gasteiger partial charge in [0.15, 0.2) is 6.19 Å². The molecule has 1 atom stereocenters. The molecule has 2 heterocycles. The summed E-state index contributed by atoms with van der Waals surface area (Å²) in [7, 11) is 3.42. The first-order valence-corrected chi connectivity index (χ1v) is 11.3. The number of nitrogens with one attached hydrogen (secondary N) is 1. The summed E-state index contributed by atoms with van der Waals surface area (Å²) in [4.78, 5) is 33.0. The molecule has 0 bridgehead atoms. The van der Waals surface area contributed by atoms with Gasteiger partial charge in [0.25, 0.3) is 11.8 Å². The zero-order chi connectivity index (χ0) is 23.3. The second-order valence-electron chi connectivity index (χ2n) is 8.18. The van der Waals surface area contributed by atoms with E-state index in [1.54, 1.807) is 29.7 Å². The number of nitrogens with zero attached hydrogens (tertiary/aromatic N) is 4. The van der Waals surface area contributed by atoms with Crippen LogP contribution in [0.5, 0.6) is 0 Å². The highest BCUT2D eigenvalue weighted by Gasteiger charge is 2.25. The van der Waals surface area contributed by atoms with Crippen LogP contribution in [0.1, 0.15) is 35.6 Å². The predicted molar refractivity (Wildman–Crippen MR) is 126 cm³/mol. The van der Waals surface area contributed by atoms with Crippen LogP contribution in [0.3, 0.4) is 0 Å². The summed E-state index contributed by atoms with van der Waals surface area (Å²) in [6, 6.07) is 6.41. The number of hydrogen-bond acceptors (Lipinski definition) is 6. The molecule has 0 fully saturated rings. The van der Waals surface area contributed by atoms with Gasteiger partial charge < -0.3 is 10.2 Å². The van der Waals surface area contributed by atoms with Crippen molar-refractivity contribution in [2.24, 2.45) is 5.92 Å². The molecule has 8 heteroatoms. The standard InChI is InChI=1S/C24H27N5O2S/c1-16(2)13-20(24(31)29(4)15-25)26-22(30)18-7-5-17(6-8-18)21-14-32-23(27-21)19-9-11-28(3)12-10-19/h5-11,14,16,20H,12-13H2,1-4H3,(H,26,30)/t20-/m0/s1. The van der Waals surface area contributed by atoms with E-state index in [4.69, 9.17) is 10.2 Å². The fourth-order valence-electron chi connectivity index (χ4n) is 3.29. The van der Waals surface area contributed by atoms with Gasteiger partial charge in [-0.2, -0.15) is 5.26 Å². The molecule has 1 aromatic heterocycles. The van der Waals surface area contributed by atoms with Crippen LogP contribution in [0, 0.1) is 17.4 Å². The lowest BCUT2D eigenvalue weighted by Gasteiger charge is -2.21. The molecule has 1 aliphatic heterocycles. The number of benzene rings is 1. The third-order valence-corrected chi connectivity index (χ3v) is 5.98. The molecular formula is C24H27N5O2S. The second-order valence-corrected chi connectivity index (χ2v) is 9.04. The number of amides is 2. The van der Waals surface area contributed by atoms with E-state index in [2.05, 4.69) is 22.4 Å². The molecule has 0 saturated heterocycles. The van der Waals surface area contributed by atoms with Gasteiger partial charge in [-0.3, -0.25) is 14.5 Å². The highest BCUT2D eigenvalue weighted by Crippen LogP contribution is 2.28. The third-order valence-electron chi connectivity index (χ3n) is 5.09. The first kappa shape index (κ1) is 23.2. The Kier molecular flexibility index (Phi) is 7.44. The summed E-state index contributed by atoms with van der Waals surface area (Å²) in [5, 5.41) is 14.7. The minimum Gasteiger partial charge on any atom is -0.377 e. The van der Waals surface area contributed by atoms with Gasteiger partial charge >= 0.3 is 0 Å². The average molecular weight is 450 g/mol. The smallest absolute Gasteiger partial charge is 0.257 e. The fraction of sp³-hybridized carbons (Fsp3) is 0.333. The minimum absolute atomic E-state index is 0.187. The average Bonchev–Trinajstić information content (AvgIpc) is 3.28. The molecule has 1 aliphatic rings. The number of nitriles is 1. The van der Waals surface area contributed by atoms with E-state index in [0.717, 1.165) is 33.3 Å². The van der Waals surface area contributed by atoms with Crippen molar-refractivity contribution in [1.82, 2.24) is 20.1 Å². The zero-order valence-electron chi connectivity index (χ0n) is 18.7. The number of allylic oxidation sites excluding steroid dienone is 2. The Hall–Kier alpha value is -3.44. The zero-order valence-corrected chi connectivity index (χ0v) is 19.5. The van der Waals surface area contributed by atoms with Gasteiger partial charge in [0.1, 0.15) is 11.0 Å². The molecule has 3 rings (SSSR count). The molecule has 2 amide bonds. The molecule has 1 aromatic carbocycles. The van der Waals surface area contributed by atoms with Crippen molar-refractivity contribution in [2.75, 3.05) is 20.6 Å². The Morgan fingerprint density at radius 3 is 2.62 bits per heavy atom. The molecule has 2 aromatic rings. The summed E-state index contributed by atoms with van der Waals surface area (Å²) in [5.41, 5.74) is 3.33. The SMILES string of the molecule is CC(C)C[C@H](NC(=O)c1ccc(-c2csc(C3=CCN(C)C=C3)n2)cc1)C(=O)N(C)C#N. The number of aromatic nitrogens is 1. The van der Waals surface area contributed by atoms with Gasteiger partial charge in [-0.15, -0.1) is 11.3 Å². The lowest BCUT2D eigenvalue weighted by atomic mass is 10.0. The molecule has 32 heavy (non-hydrogen) atoms. The van der Waals surface area contributed by atoms with Crippen molar-refractivity contribution in [3.05, 3.63) is 58.6 Å². The maximum atomic E-state index is 12.7. The number of carbonyl (C=O) groups excluding carboxylic acids is 2. The van der Waals surface area contributed by atoms with E-state index < -0.39 is 11.9 Å². The molecule has 166 valence electrons. The van der Waals surface area contributed by atoms with E-state index in [9.17, 15) is 9.59 Å². The summed E-state index contributed by atoms with van der Waals surface area (Å²) in [6.45, 7) is 4.79. The van der Waals surface area contributed by atoms with Crippen molar-refractivity contribution >= 4 is 28.7 Å². The number of thiazole rings is 1. The van der Waals surface area contributed by atoms with E-state index in [-0.39, 0.29) is 11.8 Å². The number of carbonyl (C=O) groups is 2. The van der Waals surface area contributed by atoms with Gasteiger partial charge in [0, 0.05) is 42.7 Å². The van der Waals surface area contributed by atoms with E-state index >= 15 is 0 Å². The van der Waals surface area contributed by atoms with Crippen LogP contribution >= 0.6 is 11.3 Å². The summed E-state index contributed by atoms with van der Waals surface area (Å²) >= 11 is 1.59. The molecule has 0 saturated carbocycles. The summed E-state index contributed by atoms with van der Waals surface area (Å²) in [5.74, 6) is -0.576. The van der Waals surface area contributed by atoms with E-state index in [0.29, 0.717) is 12.0 Å². The van der Waals surface area contributed by atoms with Crippen molar-refractivity contribution in [1.29, 1.82) is 5.26 Å². The predicted octanol–water partition coefficient (Wildman–Crippen LogP) is 3.74. The Bertz CT molecular complexity index is 1080. The largest absolute Gasteiger partial charge is 0.377 e. The second kappa shape index (κ2) is 10.2. The molecule has 0 aliphatic carbocycles. The van der Waals surface area contributed by atoms with Crippen molar-refractivity contribution in [2.45, 2.75) is 26.3 Å². The highest BCUT2D eigenvalue weighted by atomic mass is 32.1. The number of hydrogen-bond donors (Lipinski definition) is 1. The molecule has 0 spiro atoms. The first-order chi connectivity index (χ1) is 15.3. The minimum atomic E-state index is -0.746. The monoisotopic (exact) mass is 449 g/mol. The van der Waals surface area contributed by atoms with Crippen LogP contribution < -0.4 is 5.32 Å². The maximum absolute atomic E-state index is 12.7. The number of likely N-dealkylation sites (N-methyl/N-ethyl adjacent to an activating group) is 2. The fourth-order valence-corrected chi connectivity index (χ4v) is 4.14. The van der Waals surface area contributed by atoms with E-state index in [1.807, 2.05) is 44.6 Å². The van der Waals surface area contributed by atoms with Crippen LogP contribution in [0.25, 0.3) is 16.8 Å². The first-order valence-electron chi connectivity index (χ1n) is 10.4. The van der Waals surface area contributed by atoms with Gasteiger partial charge in [0.05, 0.1) is 5.69 Å². The Morgan fingerprint density at radius 1 is 1.31 bits per heavy atom. The van der Waals surface area contributed by atoms with Gasteiger partial charge in [-0.05, 0) is 36.7 Å². The van der Waals surface area contributed by atoms with Crippen molar-refractivity contribution < 1.29 is 9.59 Å². The Balaban J connectivity index is 1.71. The van der Waals surface area contributed by atoms with Gasteiger partial charge in [-0.25, -0.2) is 4.98 Å². The van der Waals surface area contributed by atoms with Crippen LogP contribution in [-0.4, -0.2) is 53.3 Å². The van der Waals surface area contributed by atoms with Crippen molar-refractivity contribution in [3.8, 4) is 17.5 Å². The maximum Gasteiger partial charge on any atom is 0.257 e. The van der Waals surface area contributed by atoms with E-state index in [1.165, 1.54) is 7.05 Å². The summed E-state index contributed by atoms with van der Waals surface area (Å²) in [6.07, 6.45) is 8.49. The highest BCUT2D eigenvalue weighted by molar-refractivity contribution is 7.11. The lowest BCUT2D eigenvalue weighted by Crippen LogP contribution is -2.46. The van der Waals surface area contributed by atoms with Gasteiger partial charge in [0.2, 0.25) is 0 Å².